The van der Waals surface area contributed by atoms with Crippen LogP contribution in [0.5, 0.6) is 0 Å². The summed E-state index contributed by atoms with van der Waals surface area (Å²) < 4.78 is 6.86. The molecule has 1 aliphatic rings. The number of piperidine rings is 1. The third kappa shape index (κ3) is 3.62. The van der Waals surface area contributed by atoms with Crippen LogP contribution < -0.4 is 0 Å². The van der Waals surface area contributed by atoms with E-state index in [0.29, 0.717) is 5.92 Å². The standard InChI is InChI=1S/C18H23N3O2/c1-14-4-3-5-17(10-14)21-12-16(11-19-21)15-6-8-20(9-7-15)18(22)13-23-2/h3-5,10-12,15H,6-9,13H2,1-2H3. The number of carbonyl (C=O) groups is 1. The second-order valence-corrected chi connectivity index (χ2v) is 6.15. The van der Waals surface area contributed by atoms with E-state index >= 15 is 0 Å². The van der Waals surface area contributed by atoms with E-state index in [2.05, 4.69) is 36.4 Å². The molecule has 1 aliphatic heterocycles. The minimum atomic E-state index is 0.0846. The molecular weight excluding hydrogens is 290 g/mol. The second-order valence-electron chi connectivity index (χ2n) is 6.15. The first-order valence-electron chi connectivity index (χ1n) is 8.05. The number of hydrogen-bond acceptors (Lipinski definition) is 3. The van der Waals surface area contributed by atoms with Gasteiger partial charge in [0.2, 0.25) is 5.91 Å². The maximum Gasteiger partial charge on any atom is 0.248 e. The zero-order valence-electron chi connectivity index (χ0n) is 13.7. The molecule has 0 saturated carbocycles. The van der Waals surface area contributed by atoms with Crippen molar-refractivity contribution in [2.45, 2.75) is 25.7 Å². The molecule has 1 saturated heterocycles. The molecule has 5 nitrogen and oxygen atoms in total. The van der Waals surface area contributed by atoms with Crippen molar-refractivity contribution in [3.05, 3.63) is 47.8 Å². The largest absolute Gasteiger partial charge is 0.375 e. The highest BCUT2D eigenvalue weighted by Crippen LogP contribution is 2.28. The van der Waals surface area contributed by atoms with E-state index in [1.54, 1.807) is 7.11 Å². The Kier molecular flexibility index (Phi) is 4.76. The van der Waals surface area contributed by atoms with Gasteiger partial charge in [0.25, 0.3) is 0 Å². The first-order valence-corrected chi connectivity index (χ1v) is 8.05. The molecule has 2 aromatic rings. The van der Waals surface area contributed by atoms with E-state index in [-0.39, 0.29) is 12.5 Å². The van der Waals surface area contributed by atoms with Crippen molar-refractivity contribution in [1.29, 1.82) is 0 Å². The van der Waals surface area contributed by atoms with Crippen molar-refractivity contribution in [3.63, 3.8) is 0 Å². The molecule has 5 heteroatoms. The van der Waals surface area contributed by atoms with Crippen LogP contribution >= 0.6 is 0 Å². The van der Waals surface area contributed by atoms with Crippen LogP contribution in [0.1, 0.15) is 29.9 Å². The van der Waals surface area contributed by atoms with Crippen LogP contribution in [0.4, 0.5) is 0 Å². The number of rotatable bonds is 4. The summed E-state index contributed by atoms with van der Waals surface area (Å²) in [5, 5.41) is 4.50. The number of aromatic nitrogens is 2. The van der Waals surface area contributed by atoms with Crippen molar-refractivity contribution in [1.82, 2.24) is 14.7 Å². The van der Waals surface area contributed by atoms with E-state index < -0.39 is 0 Å². The zero-order chi connectivity index (χ0) is 16.2. The molecule has 0 radical (unpaired) electrons. The maximum atomic E-state index is 11.8. The molecule has 0 atom stereocenters. The molecule has 0 spiro atoms. The lowest BCUT2D eigenvalue weighted by Crippen LogP contribution is -2.39. The summed E-state index contributed by atoms with van der Waals surface area (Å²) in [6.07, 6.45) is 6.04. The van der Waals surface area contributed by atoms with Crippen LogP contribution in [0, 0.1) is 6.92 Å². The van der Waals surface area contributed by atoms with Crippen LogP contribution in [0.25, 0.3) is 5.69 Å². The quantitative estimate of drug-likeness (QED) is 0.871. The molecule has 1 fully saturated rings. The predicted octanol–water partition coefficient (Wildman–Crippen LogP) is 2.53. The van der Waals surface area contributed by atoms with Gasteiger partial charge in [0.05, 0.1) is 11.9 Å². The van der Waals surface area contributed by atoms with Gasteiger partial charge in [-0.1, -0.05) is 12.1 Å². The van der Waals surface area contributed by atoms with Gasteiger partial charge in [0.1, 0.15) is 6.61 Å². The fourth-order valence-electron chi connectivity index (χ4n) is 3.14. The molecule has 122 valence electrons. The van der Waals surface area contributed by atoms with Crippen LogP contribution in [-0.2, 0) is 9.53 Å². The number of ether oxygens (including phenoxy) is 1. The fourth-order valence-corrected chi connectivity index (χ4v) is 3.14. The highest BCUT2D eigenvalue weighted by molar-refractivity contribution is 5.77. The van der Waals surface area contributed by atoms with Gasteiger partial charge in [-0.25, -0.2) is 4.68 Å². The average Bonchev–Trinajstić information content (AvgIpc) is 3.05. The smallest absolute Gasteiger partial charge is 0.248 e. The van der Waals surface area contributed by atoms with Gasteiger partial charge in [-0.2, -0.15) is 5.10 Å². The molecule has 23 heavy (non-hydrogen) atoms. The normalized spacial score (nSPS) is 15.8. The average molecular weight is 313 g/mol. The van der Waals surface area contributed by atoms with Crippen LogP contribution in [0.3, 0.4) is 0 Å². The van der Waals surface area contributed by atoms with Gasteiger partial charge in [-0.15, -0.1) is 0 Å². The molecule has 0 unspecified atom stereocenters. The molecule has 2 heterocycles. The Morgan fingerprint density at radius 3 is 2.83 bits per heavy atom. The lowest BCUT2D eigenvalue weighted by molar-refractivity contribution is -0.136. The molecule has 3 rings (SSSR count). The summed E-state index contributed by atoms with van der Waals surface area (Å²) in [5.41, 5.74) is 3.57. The number of aryl methyl sites for hydroxylation is 1. The Labute approximate surface area is 136 Å². The fraction of sp³-hybridized carbons (Fsp3) is 0.444. The van der Waals surface area contributed by atoms with Crippen molar-refractivity contribution >= 4 is 5.91 Å². The van der Waals surface area contributed by atoms with E-state index in [0.717, 1.165) is 31.6 Å². The number of nitrogens with zero attached hydrogens (tertiary/aromatic N) is 3. The Bertz CT molecular complexity index is 672. The van der Waals surface area contributed by atoms with E-state index in [1.807, 2.05) is 21.8 Å². The van der Waals surface area contributed by atoms with Crippen molar-refractivity contribution in [3.8, 4) is 5.69 Å². The third-order valence-corrected chi connectivity index (χ3v) is 4.46. The Morgan fingerprint density at radius 2 is 2.13 bits per heavy atom. The number of likely N-dealkylation sites (tertiary alicyclic amines) is 1. The number of amides is 1. The van der Waals surface area contributed by atoms with Crippen molar-refractivity contribution in [2.75, 3.05) is 26.8 Å². The van der Waals surface area contributed by atoms with E-state index in [1.165, 1.54) is 11.1 Å². The lowest BCUT2D eigenvalue weighted by Gasteiger charge is -2.31. The summed E-state index contributed by atoms with van der Waals surface area (Å²) >= 11 is 0. The summed E-state index contributed by atoms with van der Waals surface area (Å²) in [4.78, 5) is 13.7. The van der Waals surface area contributed by atoms with Crippen molar-refractivity contribution in [2.24, 2.45) is 0 Å². The number of carbonyl (C=O) groups excluding carboxylic acids is 1. The lowest BCUT2D eigenvalue weighted by atomic mass is 9.91. The van der Waals surface area contributed by atoms with Gasteiger partial charge in [-0.05, 0) is 48.9 Å². The Morgan fingerprint density at radius 1 is 1.35 bits per heavy atom. The Balaban J connectivity index is 1.65. The summed E-state index contributed by atoms with van der Waals surface area (Å²) in [7, 11) is 1.56. The summed E-state index contributed by atoms with van der Waals surface area (Å²) in [6.45, 7) is 3.85. The van der Waals surface area contributed by atoms with Crippen LogP contribution in [0.15, 0.2) is 36.7 Å². The van der Waals surface area contributed by atoms with Gasteiger partial charge in [-0.3, -0.25) is 4.79 Å². The monoisotopic (exact) mass is 313 g/mol. The molecule has 1 amide bonds. The highest BCUT2D eigenvalue weighted by Gasteiger charge is 2.24. The number of benzene rings is 1. The molecule has 0 N–H and O–H groups in total. The molecule has 0 bridgehead atoms. The van der Waals surface area contributed by atoms with Gasteiger partial charge in [0.15, 0.2) is 0 Å². The van der Waals surface area contributed by atoms with Crippen molar-refractivity contribution < 1.29 is 9.53 Å². The number of hydrogen-bond donors (Lipinski definition) is 0. The SMILES string of the molecule is COCC(=O)N1CCC(c2cnn(-c3cccc(C)c3)c2)CC1. The summed E-state index contributed by atoms with van der Waals surface area (Å²) in [6, 6.07) is 8.32. The zero-order valence-corrected chi connectivity index (χ0v) is 13.7. The minimum Gasteiger partial charge on any atom is -0.375 e. The van der Waals surface area contributed by atoms with Gasteiger partial charge >= 0.3 is 0 Å². The summed E-state index contributed by atoms with van der Waals surface area (Å²) in [5.74, 6) is 0.557. The predicted molar refractivity (Wildman–Crippen MR) is 88.7 cm³/mol. The molecular formula is C18H23N3O2. The molecule has 0 aliphatic carbocycles. The van der Waals surface area contributed by atoms with E-state index in [4.69, 9.17) is 4.74 Å². The second kappa shape index (κ2) is 6.96. The van der Waals surface area contributed by atoms with E-state index in [9.17, 15) is 4.79 Å². The van der Waals surface area contributed by atoms with Crippen LogP contribution in [0.2, 0.25) is 0 Å². The first kappa shape index (κ1) is 15.7. The highest BCUT2D eigenvalue weighted by atomic mass is 16.5. The Hall–Kier alpha value is -2.14. The minimum absolute atomic E-state index is 0.0846. The van der Waals surface area contributed by atoms with Crippen LogP contribution in [-0.4, -0.2) is 47.4 Å². The number of methoxy groups -OCH3 is 1. The van der Waals surface area contributed by atoms with Gasteiger partial charge in [0, 0.05) is 26.4 Å². The maximum absolute atomic E-state index is 11.8. The molecule has 1 aromatic heterocycles. The molecule has 1 aromatic carbocycles. The van der Waals surface area contributed by atoms with Gasteiger partial charge < -0.3 is 9.64 Å². The third-order valence-electron chi connectivity index (χ3n) is 4.46. The first-order chi connectivity index (χ1) is 11.2. The topological polar surface area (TPSA) is 47.4 Å².